The molecule has 0 radical (unpaired) electrons. The normalized spacial score (nSPS) is 21.8. The molecule has 0 unspecified atom stereocenters. The molecule has 12 heavy (non-hydrogen) atoms. The molecule has 2 rings (SSSR count). The molecule has 0 aromatic rings. The number of rotatable bonds is 0. The van der Waals surface area contributed by atoms with Crippen molar-refractivity contribution in [3.63, 3.8) is 0 Å². The van der Waals surface area contributed by atoms with E-state index < -0.39 is 0 Å². The Hall–Kier alpha value is -1.38. The zero-order valence-corrected chi connectivity index (χ0v) is 7.04. The molecule has 1 N–H and O–H groups in total. The fourth-order valence-corrected chi connectivity index (χ4v) is 1.32. The van der Waals surface area contributed by atoms with Crippen molar-refractivity contribution in [2.75, 3.05) is 6.54 Å². The second-order valence-electron chi connectivity index (χ2n) is 3.06. The highest BCUT2D eigenvalue weighted by atomic mass is 15.2. The van der Waals surface area contributed by atoms with Gasteiger partial charge in [0.1, 0.15) is 11.7 Å². The van der Waals surface area contributed by atoms with Gasteiger partial charge in [0.15, 0.2) is 0 Å². The van der Waals surface area contributed by atoms with E-state index in [1.807, 2.05) is 19.2 Å². The number of amidine groups is 2. The maximum absolute atomic E-state index is 7.41. The minimum atomic E-state index is 0.487. The van der Waals surface area contributed by atoms with Gasteiger partial charge >= 0.3 is 0 Å². The van der Waals surface area contributed by atoms with Crippen LogP contribution in [-0.2, 0) is 0 Å². The molecule has 3 nitrogen and oxygen atoms in total. The van der Waals surface area contributed by atoms with Crippen molar-refractivity contribution in [1.82, 2.24) is 4.90 Å². The third kappa shape index (κ3) is 1.18. The minimum Gasteiger partial charge on any atom is -0.333 e. The number of nitrogens with one attached hydrogen (secondary N) is 1. The zero-order chi connectivity index (χ0) is 8.55. The van der Waals surface area contributed by atoms with Crippen LogP contribution in [0.25, 0.3) is 0 Å². The molecular formula is C9H11N3. The summed E-state index contributed by atoms with van der Waals surface area (Å²) in [7, 11) is 0. The maximum Gasteiger partial charge on any atom is 0.134 e. The molecule has 0 spiro atoms. The van der Waals surface area contributed by atoms with Crippen molar-refractivity contribution in [3.8, 4) is 0 Å². The lowest BCUT2D eigenvalue weighted by Gasteiger charge is -2.26. The van der Waals surface area contributed by atoms with Crippen LogP contribution in [0.3, 0.4) is 0 Å². The van der Waals surface area contributed by atoms with Gasteiger partial charge in [0.05, 0.1) is 0 Å². The topological polar surface area (TPSA) is 39.5 Å². The van der Waals surface area contributed by atoms with Gasteiger partial charge in [-0.05, 0) is 24.6 Å². The fourth-order valence-electron chi connectivity index (χ4n) is 1.32. The largest absolute Gasteiger partial charge is 0.333 e. The summed E-state index contributed by atoms with van der Waals surface area (Å²) >= 11 is 0. The molecule has 0 saturated carbocycles. The van der Waals surface area contributed by atoms with Crippen LogP contribution in [0.5, 0.6) is 0 Å². The maximum atomic E-state index is 7.41. The lowest BCUT2D eigenvalue weighted by Crippen LogP contribution is -2.33. The van der Waals surface area contributed by atoms with Crippen LogP contribution >= 0.6 is 0 Å². The Balaban J connectivity index is 2.35. The van der Waals surface area contributed by atoms with Crippen molar-refractivity contribution in [1.29, 1.82) is 5.41 Å². The highest BCUT2D eigenvalue weighted by Gasteiger charge is 2.15. The summed E-state index contributed by atoms with van der Waals surface area (Å²) in [5.41, 5.74) is 1.19. The molecule has 0 aromatic heterocycles. The molecule has 0 aliphatic carbocycles. The predicted octanol–water partition coefficient (Wildman–Crippen LogP) is 1.54. The van der Waals surface area contributed by atoms with Crippen LogP contribution < -0.4 is 0 Å². The third-order valence-electron chi connectivity index (χ3n) is 2.01. The molecule has 3 heteroatoms. The summed E-state index contributed by atoms with van der Waals surface area (Å²) in [4.78, 5) is 6.23. The highest BCUT2D eigenvalue weighted by Crippen LogP contribution is 2.13. The lowest BCUT2D eigenvalue weighted by atomic mass is 10.1. The Morgan fingerprint density at radius 3 is 3.25 bits per heavy atom. The number of hydrogen-bond donors (Lipinski definition) is 1. The highest BCUT2D eigenvalue weighted by molar-refractivity contribution is 6.05. The average Bonchev–Trinajstić information content (AvgIpc) is 2.03. The van der Waals surface area contributed by atoms with Gasteiger partial charge < -0.3 is 4.90 Å². The van der Waals surface area contributed by atoms with E-state index in [4.69, 9.17) is 5.41 Å². The van der Waals surface area contributed by atoms with Crippen LogP contribution in [0, 0.1) is 5.41 Å². The molecule has 0 fully saturated rings. The van der Waals surface area contributed by atoms with E-state index in [-0.39, 0.29) is 0 Å². The van der Waals surface area contributed by atoms with Crippen LogP contribution in [0.2, 0.25) is 0 Å². The molecule has 0 bridgehead atoms. The first-order valence-electron chi connectivity index (χ1n) is 4.05. The van der Waals surface area contributed by atoms with Gasteiger partial charge in [-0.3, -0.25) is 5.41 Å². The van der Waals surface area contributed by atoms with Gasteiger partial charge in [-0.15, -0.1) is 0 Å². The van der Waals surface area contributed by atoms with E-state index in [1.54, 1.807) is 0 Å². The average molecular weight is 161 g/mol. The Morgan fingerprint density at radius 2 is 2.42 bits per heavy atom. The quantitative estimate of drug-likeness (QED) is 0.575. The molecule has 2 aliphatic heterocycles. The first kappa shape index (κ1) is 7.28. The van der Waals surface area contributed by atoms with E-state index >= 15 is 0 Å². The van der Waals surface area contributed by atoms with Gasteiger partial charge in [-0.1, -0.05) is 0 Å². The van der Waals surface area contributed by atoms with E-state index in [0.717, 1.165) is 18.8 Å². The zero-order valence-electron chi connectivity index (χ0n) is 7.04. The second-order valence-corrected chi connectivity index (χ2v) is 3.06. The summed E-state index contributed by atoms with van der Waals surface area (Å²) in [6.07, 6.45) is 6.85. The molecule has 0 atom stereocenters. The Labute approximate surface area is 71.6 Å². The van der Waals surface area contributed by atoms with Crippen molar-refractivity contribution < 1.29 is 0 Å². The summed E-state index contributed by atoms with van der Waals surface area (Å²) < 4.78 is 0. The molecule has 2 aliphatic rings. The van der Waals surface area contributed by atoms with Gasteiger partial charge in [0, 0.05) is 19.2 Å². The van der Waals surface area contributed by atoms with Crippen molar-refractivity contribution >= 4 is 11.7 Å². The van der Waals surface area contributed by atoms with Crippen LogP contribution in [0.4, 0.5) is 0 Å². The third-order valence-corrected chi connectivity index (χ3v) is 2.01. The van der Waals surface area contributed by atoms with Gasteiger partial charge in [-0.25, -0.2) is 4.99 Å². The summed E-state index contributed by atoms with van der Waals surface area (Å²) in [5, 5.41) is 7.41. The van der Waals surface area contributed by atoms with E-state index in [1.165, 1.54) is 5.57 Å². The molecule has 0 saturated heterocycles. The lowest BCUT2D eigenvalue weighted by molar-refractivity contribution is 0.557. The van der Waals surface area contributed by atoms with Crippen molar-refractivity contribution in [2.24, 2.45) is 4.99 Å². The summed E-state index contributed by atoms with van der Waals surface area (Å²) in [6, 6.07) is 0. The van der Waals surface area contributed by atoms with Crippen molar-refractivity contribution in [2.45, 2.75) is 13.3 Å². The molecule has 62 valence electrons. The standard InChI is InChI=1S/C9H11N3/c1-7-2-4-12-5-3-8(10)11-9(12)6-7/h2,4,6,10H,3,5H2,1H3. The molecule has 2 heterocycles. The summed E-state index contributed by atoms with van der Waals surface area (Å²) in [6.45, 7) is 2.92. The molecule has 0 aromatic carbocycles. The number of allylic oxidation sites excluding steroid dienone is 2. The fraction of sp³-hybridized carbons (Fsp3) is 0.333. The predicted molar refractivity (Wildman–Crippen MR) is 49.4 cm³/mol. The minimum absolute atomic E-state index is 0.487. The number of fused-ring (bicyclic) bond motifs is 1. The monoisotopic (exact) mass is 161 g/mol. The first-order chi connectivity index (χ1) is 5.75. The van der Waals surface area contributed by atoms with Gasteiger partial charge in [0.2, 0.25) is 0 Å². The SMILES string of the molecule is CC1=CC2=NC(=N)CCN2C=C1. The van der Waals surface area contributed by atoms with Crippen LogP contribution in [0.1, 0.15) is 13.3 Å². The number of aliphatic imine (C=N–C) groups is 1. The second kappa shape index (κ2) is 2.59. The Bertz CT molecular complexity index is 310. The van der Waals surface area contributed by atoms with E-state index in [0.29, 0.717) is 5.84 Å². The Morgan fingerprint density at radius 1 is 1.58 bits per heavy atom. The first-order valence-corrected chi connectivity index (χ1v) is 4.05. The Kier molecular flexibility index (Phi) is 1.57. The van der Waals surface area contributed by atoms with Crippen LogP contribution in [0.15, 0.2) is 28.9 Å². The van der Waals surface area contributed by atoms with Crippen LogP contribution in [-0.4, -0.2) is 23.1 Å². The van der Waals surface area contributed by atoms with Gasteiger partial charge in [-0.2, -0.15) is 0 Å². The van der Waals surface area contributed by atoms with Gasteiger partial charge in [0.25, 0.3) is 0 Å². The van der Waals surface area contributed by atoms with Crippen molar-refractivity contribution in [3.05, 3.63) is 23.9 Å². The van der Waals surface area contributed by atoms with E-state index in [2.05, 4.69) is 16.0 Å². The van der Waals surface area contributed by atoms with E-state index in [9.17, 15) is 0 Å². The number of hydrogen-bond acceptors (Lipinski definition) is 2. The molecule has 0 amide bonds. The molecular weight excluding hydrogens is 150 g/mol. The number of nitrogens with zero attached hydrogens (tertiary/aromatic N) is 2. The smallest absolute Gasteiger partial charge is 0.134 e. The summed E-state index contributed by atoms with van der Waals surface area (Å²) in [5.74, 6) is 1.40.